The van der Waals surface area contributed by atoms with E-state index >= 15 is 0 Å². The zero-order valence-corrected chi connectivity index (χ0v) is 19.0. The van der Waals surface area contributed by atoms with Gasteiger partial charge in [-0.2, -0.15) is 0 Å². The summed E-state index contributed by atoms with van der Waals surface area (Å²) in [7, 11) is 0. The summed E-state index contributed by atoms with van der Waals surface area (Å²) in [4.78, 5) is 15.7. The van der Waals surface area contributed by atoms with Crippen LogP contribution in [0.5, 0.6) is 0 Å². The third-order valence-corrected chi connectivity index (χ3v) is 3.88. The molecule has 1 aromatic carbocycles. The standard InChI is InChI=1S/C20H28N4O3.HI/c1-5-21-19(23-13-20(4,26)18-10-9-14(2)27-18)22-12-16-7-6-8-17(11-16)24-15(3)25;/h6-11,26H,5,12-13H2,1-4H3,(H,24,25)(H2,21,22,23);1H. The number of guanidine groups is 1. The number of nitrogens with zero attached hydrogens (tertiary/aromatic N) is 1. The van der Waals surface area contributed by atoms with Gasteiger partial charge in [0.15, 0.2) is 5.96 Å². The highest BCUT2D eigenvalue weighted by Crippen LogP contribution is 2.21. The lowest BCUT2D eigenvalue weighted by Crippen LogP contribution is -2.44. The Labute approximate surface area is 183 Å². The first-order chi connectivity index (χ1) is 12.8. The Balaban J connectivity index is 0.00000392. The van der Waals surface area contributed by atoms with Crippen molar-refractivity contribution in [3.63, 3.8) is 0 Å². The van der Waals surface area contributed by atoms with Gasteiger partial charge in [-0.25, -0.2) is 4.99 Å². The lowest BCUT2D eigenvalue weighted by Gasteiger charge is -2.22. The Morgan fingerprint density at radius 3 is 2.61 bits per heavy atom. The molecule has 8 heteroatoms. The highest BCUT2D eigenvalue weighted by atomic mass is 127. The molecule has 28 heavy (non-hydrogen) atoms. The van der Waals surface area contributed by atoms with E-state index in [0.29, 0.717) is 24.8 Å². The summed E-state index contributed by atoms with van der Waals surface area (Å²) >= 11 is 0. The van der Waals surface area contributed by atoms with Gasteiger partial charge in [0.05, 0.1) is 13.1 Å². The number of hydrogen-bond acceptors (Lipinski definition) is 4. The number of hydrogen-bond donors (Lipinski definition) is 4. The predicted molar refractivity (Wildman–Crippen MR) is 122 cm³/mol. The van der Waals surface area contributed by atoms with E-state index in [2.05, 4.69) is 20.9 Å². The van der Waals surface area contributed by atoms with E-state index in [0.717, 1.165) is 17.0 Å². The maximum Gasteiger partial charge on any atom is 0.221 e. The van der Waals surface area contributed by atoms with E-state index in [1.807, 2.05) is 44.2 Å². The number of furan rings is 1. The molecule has 0 radical (unpaired) electrons. The van der Waals surface area contributed by atoms with E-state index < -0.39 is 5.60 Å². The van der Waals surface area contributed by atoms with Crippen LogP contribution in [0.1, 0.15) is 37.9 Å². The number of benzene rings is 1. The molecular weight excluding hydrogens is 471 g/mol. The smallest absolute Gasteiger partial charge is 0.221 e. The molecule has 0 saturated heterocycles. The molecule has 0 bridgehead atoms. The van der Waals surface area contributed by atoms with Crippen molar-refractivity contribution in [3.05, 3.63) is 53.5 Å². The number of nitrogens with one attached hydrogen (secondary N) is 3. The van der Waals surface area contributed by atoms with Gasteiger partial charge in [-0.15, -0.1) is 24.0 Å². The quantitative estimate of drug-likeness (QED) is 0.266. The second-order valence-electron chi connectivity index (χ2n) is 6.61. The maximum atomic E-state index is 11.2. The molecule has 0 fully saturated rings. The number of carbonyl (C=O) groups is 1. The third kappa shape index (κ3) is 7.51. The SMILES string of the molecule is CCNC(=NCc1cccc(NC(C)=O)c1)NCC(C)(O)c1ccc(C)o1.I. The number of halogens is 1. The first-order valence-electron chi connectivity index (χ1n) is 8.98. The van der Waals surface area contributed by atoms with Crippen molar-refractivity contribution in [1.82, 2.24) is 10.6 Å². The summed E-state index contributed by atoms with van der Waals surface area (Å²) < 4.78 is 5.53. The van der Waals surface area contributed by atoms with E-state index in [-0.39, 0.29) is 36.4 Å². The lowest BCUT2D eigenvalue weighted by molar-refractivity contribution is -0.114. The molecule has 4 N–H and O–H groups in total. The van der Waals surface area contributed by atoms with Crippen molar-refractivity contribution in [2.45, 2.75) is 39.8 Å². The van der Waals surface area contributed by atoms with Crippen LogP contribution < -0.4 is 16.0 Å². The summed E-state index contributed by atoms with van der Waals surface area (Å²) in [6.07, 6.45) is 0. The van der Waals surface area contributed by atoms with E-state index in [9.17, 15) is 9.90 Å². The van der Waals surface area contributed by atoms with Crippen LogP contribution in [-0.4, -0.2) is 30.1 Å². The second kappa shape index (κ2) is 11.1. The van der Waals surface area contributed by atoms with E-state index in [1.165, 1.54) is 6.92 Å². The molecule has 0 aliphatic carbocycles. The molecule has 0 saturated carbocycles. The van der Waals surface area contributed by atoms with Crippen LogP contribution in [0.4, 0.5) is 5.69 Å². The summed E-state index contributed by atoms with van der Waals surface area (Å²) in [5, 5.41) is 19.7. The number of carbonyl (C=O) groups excluding carboxylic acids is 1. The molecule has 1 unspecified atom stereocenters. The Morgan fingerprint density at radius 2 is 2.00 bits per heavy atom. The number of aliphatic imine (C=N–C) groups is 1. The highest BCUT2D eigenvalue weighted by Gasteiger charge is 2.27. The Morgan fingerprint density at radius 1 is 1.25 bits per heavy atom. The van der Waals surface area contributed by atoms with Crippen LogP contribution in [0.3, 0.4) is 0 Å². The predicted octanol–water partition coefficient (Wildman–Crippen LogP) is 3.13. The van der Waals surface area contributed by atoms with Gasteiger partial charge < -0.3 is 25.5 Å². The lowest BCUT2D eigenvalue weighted by atomic mass is 10.0. The fraction of sp³-hybridized carbons (Fsp3) is 0.400. The van der Waals surface area contributed by atoms with Crippen molar-refractivity contribution in [2.75, 3.05) is 18.4 Å². The fourth-order valence-electron chi connectivity index (χ4n) is 2.53. The minimum atomic E-state index is -1.16. The second-order valence-corrected chi connectivity index (χ2v) is 6.61. The summed E-state index contributed by atoms with van der Waals surface area (Å²) in [5.74, 6) is 1.74. The molecule has 1 aromatic heterocycles. The Bertz CT molecular complexity index is 802. The zero-order valence-electron chi connectivity index (χ0n) is 16.7. The van der Waals surface area contributed by atoms with E-state index in [1.54, 1.807) is 13.0 Å². The zero-order chi connectivity index (χ0) is 19.9. The minimum absolute atomic E-state index is 0. The van der Waals surface area contributed by atoms with Gasteiger partial charge in [0, 0.05) is 19.2 Å². The number of anilines is 1. The normalized spacial score (nSPS) is 13.2. The van der Waals surface area contributed by atoms with Crippen LogP contribution >= 0.6 is 24.0 Å². The van der Waals surface area contributed by atoms with Gasteiger partial charge in [0.25, 0.3) is 0 Å². The van der Waals surface area contributed by atoms with Crippen molar-refractivity contribution in [1.29, 1.82) is 0 Å². The van der Waals surface area contributed by atoms with Crippen LogP contribution in [-0.2, 0) is 16.9 Å². The highest BCUT2D eigenvalue weighted by molar-refractivity contribution is 14.0. The van der Waals surface area contributed by atoms with Gasteiger partial charge in [0.2, 0.25) is 5.91 Å². The number of rotatable bonds is 7. The topological polar surface area (TPSA) is 98.9 Å². The van der Waals surface area contributed by atoms with Crippen LogP contribution in [0.25, 0.3) is 0 Å². The molecule has 2 rings (SSSR count). The van der Waals surface area contributed by atoms with Gasteiger partial charge >= 0.3 is 0 Å². The summed E-state index contributed by atoms with van der Waals surface area (Å²) in [6, 6.07) is 11.1. The van der Waals surface area contributed by atoms with Crippen molar-refractivity contribution >= 4 is 41.5 Å². The van der Waals surface area contributed by atoms with Gasteiger partial charge in [-0.3, -0.25) is 4.79 Å². The first-order valence-corrected chi connectivity index (χ1v) is 8.98. The molecule has 0 aliphatic heterocycles. The Kier molecular flexibility index (Phi) is 9.47. The van der Waals surface area contributed by atoms with Crippen LogP contribution in [0.2, 0.25) is 0 Å². The molecule has 7 nitrogen and oxygen atoms in total. The van der Waals surface area contributed by atoms with Crippen LogP contribution in [0.15, 0.2) is 45.8 Å². The van der Waals surface area contributed by atoms with Crippen molar-refractivity contribution < 1.29 is 14.3 Å². The molecule has 0 aliphatic rings. The molecule has 1 amide bonds. The summed E-state index contributed by atoms with van der Waals surface area (Å²) in [5.41, 5.74) is 0.548. The number of amides is 1. The number of aryl methyl sites for hydroxylation is 1. The largest absolute Gasteiger partial charge is 0.463 e. The van der Waals surface area contributed by atoms with Gasteiger partial charge in [-0.05, 0) is 50.6 Å². The number of aliphatic hydroxyl groups is 1. The van der Waals surface area contributed by atoms with Gasteiger partial charge in [-0.1, -0.05) is 12.1 Å². The van der Waals surface area contributed by atoms with Gasteiger partial charge in [0.1, 0.15) is 17.1 Å². The fourth-order valence-corrected chi connectivity index (χ4v) is 2.53. The molecule has 0 spiro atoms. The van der Waals surface area contributed by atoms with Crippen LogP contribution in [0, 0.1) is 6.92 Å². The summed E-state index contributed by atoms with van der Waals surface area (Å²) in [6.45, 7) is 8.36. The third-order valence-electron chi connectivity index (χ3n) is 3.88. The Hall–Kier alpha value is -2.07. The minimum Gasteiger partial charge on any atom is -0.463 e. The van der Waals surface area contributed by atoms with E-state index in [4.69, 9.17) is 4.42 Å². The molecular formula is C20H29IN4O3. The molecule has 1 heterocycles. The van der Waals surface area contributed by atoms with Crippen molar-refractivity contribution in [2.24, 2.45) is 4.99 Å². The average molecular weight is 500 g/mol. The monoisotopic (exact) mass is 500 g/mol. The molecule has 1 atom stereocenters. The average Bonchev–Trinajstić information content (AvgIpc) is 3.04. The molecule has 2 aromatic rings. The molecule has 154 valence electrons. The first kappa shape index (κ1) is 24.0. The maximum absolute atomic E-state index is 11.2. The van der Waals surface area contributed by atoms with Crippen molar-refractivity contribution in [3.8, 4) is 0 Å².